The first-order valence-electron chi connectivity index (χ1n) is 14.4. The molecule has 4 N–H and O–H groups in total. The van der Waals surface area contributed by atoms with Crippen LogP contribution in [0.25, 0.3) is 0 Å². The van der Waals surface area contributed by atoms with Gasteiger partial charge in [0.15, 0.2) is 5.01 Å². The third-order valence-corrected chi connectivity index (χ3v) is 8.51. The smallest absolute Gasteiger partial charge is 0.413 e. The molecule has 0 spiro atoms. The van der Waals surface area contributed by atoms with Crippen molar-refractivity contribution in [2.24, 2.45) is 5.92 Å². The predicted octanol–water partition coefficient (Wildman–Crippen LogP) is 2.77. The molecule has 4 amide bonds. The molecular weight excluding hydrogens is 570 g/mol. The minimum atomic E-state index is -0.761. The van der Waals surface area contributed by atoms with E-state index in [9.17, 15) is 19.2 Å². The fourth-order valence-electron chi connectivity index (χ4n) is 5.29. The van der Waals surface area contributed by atoms with E-state index in [1.807, 2.05) is 7.05 Å². The van der Waals surface area contributed by atoms with Crippen molar-refractivity contribution in [1.82, 2.24) is 30.7 Å². The fourth-order valence-corrected chi connectivity index (χ4v) is 6.38. The predicted molar refractivity (Wildman–Crippen MR) is 163 cm³/mol. The number of nitrogens with zero attached hydrogens (tertiary/aromatic N) is 3. The number of hydrogen-bond donors (Lipinski definition) is 4. The second-order valence-electron chi connectivity index (χ2n) is 12.4. The highest BCUT2D eigenvalue weighted by Gasteiger charge is 2.37. The van der Waals surface area contributed by atoms with Crippen molar-refractivity contribution in [2.75, 3.05) is 27.7 Å². The number of alkyl carbamates (subject to hydrolysis) is 1. The van der Waals surface area contributed by atoms with Crippen LogP contribution in [-0.2, 0) is 22.5 Å². The lowest BCUT2D eigenvalue weighted by Gasteiger charge is -2.37. The lowest BCUT2D eigenvalue weighted by Crippen LogP contribution is -2.55. The van der Waals surface area contributed by atoms with Crippen LogP contribution >= 0.6 is 11.3 Å². The number of hydrogen-bond acceptors (Lipinski definition) is 9. The molecule has 13 heteroatoms. The Bertz CT molecular complexity index is 1400. The molecule has 1 aliphatic heterocycles. The highest BCUT2D eigenvalue weighted by Crippen LogP contribution is 2.28. The Morgan fingerprint density at radius 3 is 2.47 bits per heavy atom. The molecule has 1 fully saturated rings. The number of amides is 4. The van der Waals surface area contributed by atoms with Crippen LogP contribution in [0.5, 0.6) is 0 Å². The highest BCUT2D eigenvalue weighted by molar-refractivity contribution is 7.13. The number of carbonyl (C=O) groups excluding carboxylic acids is 4. The highest BCUT2D eigenvalue weighted by atomic mass is 32.1. The van der Waals surface area contributed by atoms with E-state index in [4.69, 9.17) is 10.1 Å². The van der Waals surface area contributed by atoms with Gasteiger partial charge >= 0.3 is 6.09 Å². The molecule has 1 saturated carbocycles. The summed E-state index contributed by atoms with van der Waals surface area (Å²) in [5.41, 5.74) is 0.863. The van der Waals surface area contributed by atoms with Crippen LogP contribution in [0, 0.1) is 11.3 Å². The van der Waals surface area contributed by atoms with E-state index >= 15 is 0 Å². The van der Waals surface area contributed by atoms with Gasteiger partial charge in [0, 0.05) is 61.6 Å². The SMILES string of the molecule is CN1CCc2nc(C(=O)N[C@H]3C[C@@H](C(=O)N(C)C)CC[C@@H]3NC(=O)c3cccc(C(=N)NC(=O)OC(C)(C)C)c3)sc2C1. The summed E-state index contributed by atoms with van der Waals surface area (Å²) in [6, 6.07) is 5.46. The van der Waals surface area contributed by atoms with Crippen molar-refractivity contribution in [3.8, 4) is 0 Å². The fraction of sp³-hybridized carbons (Fsp3) is 0.533. The molecule has 1 aliphatic carbocycles. The molecule has 1 aromatic heterocycles. The molecule has 0 bridgehead atoms. The van der Waals surface area contributed by atoms with E-state index in [2.05, 4.69) is 25.8 Å². The Labute approximate surface area is 256 Å². The topological polar surface area (TPSA) is 157 Å². The minimum Gasteiger partial charge on any atom is -0.444 e. The van der Waals surface area contributed by atoms with Crippen molar-refractivity contribution in [3.63, 3.8) is 0 Å². The van der Waals surface area contributed by atoms with Gasteiger partial charge in [-0.3, -0.25) is 25.1 Å². The molecular formula is C30H41N7O5S. The molecule has 2 heterocycles. The maximum atomic E-state index is 13.4. The number of amidine groups is 1. The molecule has 1 aromatic carbocycles. The maximum Gasteiger partial charge on any atom is 0.413 e. The average molecular weight is 612 g/mol. The Hall–Kier alpha value is -3.84. The molecule has 0 radical (unpaired) electrons. The summed E-state index contributed by atoms with van der Waals surface area (Å²) in [6.45, 7) is 6.82. The van der Waals surface area contributed by atoms with Gasteiger partial charge in [-0.05, 0) is 59.2 Å². The number of thiazole rings is 1. The van der Waals surface area contributed by atoms with Crippen molar-refractivity contribution in [2.45, 2.75) is 70.7 Å². The van der Waals surface area contributed by atoms with E-state index < -0.39 is 23.8 Å². The molecule has 3 atom stereocenters. The van der Waals surface area contributed by atoms with E-state index in [1.165, 1.54) is 17.4 Å². The molecule has 0 unspecified atom stereocenters. The van der Waals surface area contributed by atoms with Crippen LogP contribution < -0.4 is 16.0 Å². The third kappa shape index (κ3) is 8.38. The molecule has 2 aliphatic rings. The van der Waals surface area contributed by atoms with Crippen LogP contribution in [0.3, 0.4) is 0 Å². The van der Waals surface area contributed by atoms with Gasteiger partial charge in [0.05, 0.1) is 11.7 Å². The number of nitrogens with one attached hydrogen (secondary N) is 4. The first-order valence-corrected chi connectivity index (χ1v) is 15.2. The van der Waals surface area contributed by atoms with Crippen LogP contribution in [-0.4, -0.2) is 89.8 Å². The zero-order valence-electron chi connectivity index (χ0n) is 25.6. The molecule has 12 nitrogen and oxygen atoms in total. The molecule has 43 heavy (non-hydrogen) atoms. The number of ether oxygens (including phenoxy) is 1. The zero-order chi connectivity index (χ0) is 31.5. The van der Waals surface area contributed by atoms with E-state index in [0.29, 0.717) is 35.4 Å². The summed E-state index contributed by atoms with van der Waals surface area (Å²) in [5, 5.41) is 17.2. The van der Waals surface area contributed by atoms with Gasteiger partial charge in [-0.15, -0.1) is 11.3 Å². The normalized spacial score (nSPS) is 20.4. The van der Waals surface area contributed by atoms with E-state index in [1.54, 1.807) is 58.0 Å². The standard InChI is InChI=1S/C30H41N7O5S/c1-30(2,3)42-29(41)35-24(31)17-8-7-9-18(14-17)25(38)32-20-11-10-19(28(40)36(4)5)15-22(20)33-26(39)27-34-21-12-13-37(6)16-23(21)43-27/h7-9,14,19-20,22H,10-13,15-16H2,1-6H3,(H,32,38)(H,33,39)(H2,31,35,41)/t19-,20-,22-/m0/s1. The second kappa shape index (κ2) is 13.2. The van der Waals surface area contributed by atoms with Gasteiger partial charge in [0.1, 0.15) is 11.4 Å². The number of rotatable bonds is 6. The van der Waals surface area contributed by atoms with Crippen LogP contribution in [0.4, 0.5) is 4.79 Å². The third-order valence-electron chi connectivity index (χ3n) is 7.43. The van der Waals surface area contributed by atoms with E-state index in [0.717, 1.165) is 30.1 Å². The summed E-state index contributed by atoms with van der Waals surface area (Å²) in [5.74, 6) is -1.20. The number of carbonyl (C=O) groups is 4. The number of benzene rings is 1. The minimum absolute atomic E-state index is 0.0134. The lowest BCUT2D eigenvalue weighted by atomic mass is 9.81. The summed E-state index contributed by atoms with van der Waals surface area (Å²) in [7, 11) is 5.46. The summed E-state index contributed by atoms with van der Waals surface area (Å²) >= 11 is 1.38. The number of likely N-dealkylation sites (N-methyl/N-ethyl adjacent to an activating group) is 1. The Kier molecular flexibility index (Phi) is 9.86. The summed E-state index contributed by atoms with van der Waals surface area (Å²) in [6.07, 6.45) is 1.47. The van der Waals surface area contributed by atoms with Crippen molar-refractivity contribution >= 4 is 41.0 Å². The molecule has 4 rings (SSSR count). The maximum absolute atomic E-state index is 13.4. The second-order valence-corrected chi connectivity index (χ2v) is 13.4. The largest absolute Gasteiger partial charge is 0.444 e. The van der Waals surface area contributed by atoms with Gasteiger partial charge in [-0.1, -0.05) is 12.1 Å². The monoisotopic (exact) mass is 611 g/mol. The van der Waals surface area contributed by atoms with Crippen LogP contribution in [0.2, 0.25) is 0 Å². The Morgan fingerprint density at radius 2 is 1.77 bits per heavy atom. The Morgan fingerprint density at radius 1 is 1.07 bits per heavy atom. The quantitative estimate of drug-likeness (QED) is 0.289. The van der Waals surface area contributed by atoms with Gasteiger partial charge in [-0.2, -0.15) is 0 Å². The van der Waals surface area contributed by atoms with E-state index in [-0.39, 0.29) is 29.5 Å². The van der Waals surface area contributed by atoms with Gasteiger partial charge in [0.2, 0.25) is 5.91 Å². The van der Waals surface area contributed by atoms with Gasteiger partial charge in [-0.25, -0.2) is 9.78 Å². The summed E-state index contributed by atoms with van der Waals surface area (Å²) < 4.78 is 5.21. The van der Waals surface area contributed by atoms with Crippen molar-refractivity contribution in [1.29, 1.82) is 5.41 Å². The first kappa shape index (κ1) is 32.1. The van der Waals surface area contributed by atoms with Gasteiger partial charge < -0.3 is 25.2 Å². The first-order chi connectivity index (χ1) is 20.2. The van der Waals surface area contributed by atoms with Crippen molar-refractivity contribution < 1.29 is 23.9 Å². The zero-order valence-corrected chi connectivity index (χ0v) is 26.4. The number of fused-ring (bicyclic) bond motifs is 1. The Balaban J connectivity index is 1.47. The van der Waals surface area contributed by atoms with Crippen LogP contribution in [0.15, 0.2) is 24.3 Å². The van der Waals surface area contributed by atoms with Gasteiger partial charge in [0.25, 0.3) is 11.8 Å². The van der Waals surface area contributed by atoms with Crippen LogP contribution in [0.1, 0.15) is 76.3 Å². The molecule has 2 aromatic rings. The average Bonchev–Trinajstić information content (AvgIpc) is 3.36. The van der Waals surface area contributed by atoms with Crippen molar-refractivity contribution in [3.05, 3.63) is 51.0 Å². The lowest BCUT2D eigenvalue weighted by molar-refractivity contribution is -0.134. The summed E-state index contributed by atoms with van der Waals surface area (Å²) in [4.78, 5) is 61.1. The molecule has 232 valence electrons. The molecule has 0 saturated heterocycles. The number of aromatic nitrogens is 1.